The molecule has 3 aromatic carbocycles. The Kier molecular flexibility index (Phi) is 7.23. The van der Waals surface area contributed by atoms with Crippen molar-refractivity contribution >= 4 is 25.1 Å². The topological polar surface area (TPSA) is 73.9 Å². The minimum atomic E-state index is -0.691. The van der Waals surface area contributed by atoms with Crippen LogP contribution in [-0.2, 0) is 14.0 Å². The van der Waals surface area contributed by atoms with Gasteiger partial charge in [0.25, 0.3) is 0 Å². The third-order valence-corrected chi connectivity index (χ3v) is 8.02. The monoisotopic (exact) mass is 523 g/mol. The zero-order valence-electron chi connectivity index (χ0n) is 23.1. The van der Waals surface area contributed by atoms with Crippen molar-refractivity contribution in [1.82, 2.24) is 5.32 Å². The lowest BCUT2D eigenvalue weighted by atomic mass is 9.76. The molecule has 3 aromatic rings. The van der Waals surface area contributed by atoms with Crippen molar-refractivity contribution in [1.29, 1.82) is 0 Å². The molecule has 0 unspecified atom stereocenters. The Morgan fingerprint density at radius 2 is 1.41 bits per heavy atom. The first-order valence-electron chi connectivity index (χ1n) is 13.3. The van der Waals surface area contributed by atoms with Crippen LogP contribution in [0.2, 0.25) is 0 Å². The molecule has 0 aromatic heterocycles. The van der Waals surface area contributed by atoms with Crippen LogP contribution in [-0.4, -0.2) is 43.3 Å². The van der Waals surface area contributed by atoms with E-state index < -0.39 is 24.4 Å². The molecule has 0 atom stereocenters. The fourth-order valence-corrected chi connectivity index (χ4v) is 5.16. The van der Waals surface area contributed by atoms with E-state index in [0.29, 0.717) is 11.0 Å². The van der Waals surface area contributed by atoms with Crippen LogP contribution < -0.4 is 5.32 Å². The van der Waals surface area contributed by atoms with E-state index >= 15 is 0 Å². The van der Waals surface area contributed by atoms with Crippen molar-refractivity contribution in [2.75, 3.05) is 13.2 Å². The van der Waals surface area contributed by atoms with E-state index in [1.165, 1.54) is 18.1 Å². The number of hydrogen-bond donors (Lipinski definition) is 1. The fourth-order valence-electron chi connectivity index (χ4n) is 5.16. The van der Waals surface area contributed by atoms with Gasteiger partial charge in [-0.3, -0.25) is 4.79 Å². The lowest BCUT2D eigenvalue weighted by Crippen LogP contribution is -2.41. The molecule has 2 aliphatic rings. The second-order valence-electron chi connectivity index (χ2n) is 11.1. The lowest BCUT2D eigenvalue weighted by molar-refractivity contribution is 0.00578. The summed E-state index contributed by atoms with van der Waals surface area (Å²) < 4.78 is 18.3. The molecule has 1 amide bonds. The van der Waals surface area contributed by atoms with Gasteiger partial charge in [-0.2, -0.15) is 0 Å². The number of Topliss-reactive ketones (excluding diaryl/α,β-unsaturated/α-hetero) is 1. The van der Waals surface area contributed by atoms with Crippen LogP contribution in [0.1, 0.15) is 67.6 Å². The highest BCUT2D eigenvalue weighted by atomic mass is 16.7. The summed E-state index contributed by atoms with van der Waals surface area (Å²) in [7, 11) is -0.691. The zero-order chi connectivity index (χ0) is 27.8. The predicted octanol–water partition coefficient (Wildman–Crippen LogP) is 6.44. The van der Waals surface area contributed by atoms with Gasteiger partial charge in [-0.05, 0) is 67.9 Å². The quantitative estimate of drug-likeness (QED) is 0.285. The van der Waals surface area contributed by atoms with Crippen molar-refractivity contribution in [2.45, 2.75) is 51.7 Å². The molecule has 200 valence electrons. The van der Waals surface area contributed by atoms with E-state index in [1.807, 2.05) is 76.2 Å². The van der Waals surface area contributed by atoms with Crippen molar-refractivity contribution in [3.63, 3.8) is 0 Å². The van der Waals surface area contributed by atoms with Gasteiger partial charge in [-0.15, -0.1) is 0 Å². The first kappa shape index (κ1) is 26.9. The molecule has 6 nitrogen and oxygen atoms in total. The molecule has 1 heterocycles. The summed E-state index contributed by atoms with van der Waals surface area (Å²) in [5.74, 6) is -0.0664. The summed E-state index contributed by atoms with van der Waals surface area (Å²) in [5.41, 5.74) is 5.58. The van der Waals surface area contributed by atoms with Crippen LogP contribution in [0.15, 0.2) is 78.3 Å². The van der Waals surface area contributed by atoms with Crippen LogP contribution in [0.5, 0.6) is 0 Å². The largest absolute Gasteiger partial charge is 0.492 e. The first-order chi connectivity index (χ1) is 18.6. The van der Waals surface area contributed by atoms with Gasteiger partial charge in [0.15, 0.2) is 5.78 Å². The molecular formula is C32H34BNO5. The van der Waals surface area contributed by atoms with Gasteiger partial charge in [0.05, 0.1) is 11.2 Å². The number of hydrogen-bond acceptors (Lipinski definition) is 5. The number of amides is 1. The van der Waals surface area contributed by atoms with Gasteiger partial charge in [0, 0.05) is 18.0 Å². The predicted molar refractivity (Wildman–Crippen MR) is 154 cm³/mol. The van der Waals surface area contributed by atoms with Crippen LogP contribution in [0.25, 0.3) is 17.2 Å². The average molecular weight is 523 g/mol. The number of benzene rings is 3. The molecule has 39 heavy (non-hydrogen) atoms. The standard InChI is InChI=1S/C32H34BNO5/c1-21(35)24-13-7-6-12-22(24)18-23(33-38-31(2,3)32(4,5)39-33)19-34-30(36)37-20-29-27-16-10-8-14-25(27)26-15-9-11-17-28(26)29/h6-18,29H,19-20H2,1-5H3,(H,34,36). The maximum absolute atomic E-state index is 12.9. The van der Waals surface area contributed by atoms with E-state index in [1.54, 1.807) is 6.07 Å². The third-order valence-electron chi connectivity index (χ3n) is 8.02. The molecular weight excluding hydrogens is 489 g/mol. The molecule has 7 heteroatoms. The summed E-state index contributed by atoms with van der Waals surface area (Å²) in [6.45, 7) is 9.82. The Morgan fingerprint density at radius 1 is 0.872 bits per heavy atom. The maximum atomic E-state index is 12.9. The van der Waals surface area contributed by atoms with Crippen molar-refractivity contribution in [2.24, 2.45) is 0 Å². The number of ketones is 1. The number of carbonyl (C=O) groups is 2. The molecule has 0 radical (unpaired) electrons. The Balaban J connectivity index is 1.33. The molecule has 1 fully saturated rings. The van der Waals surface area contributed by atoms with Gasteiger partial charge in [0.2, 0.25) is 0 Å². The molecule has 0 saturated carbocycles. The normalized spacial score (nSPS) is 17.5. The fraction of sp³-hybridized carbons (Fsp3) is 0.312. The summed E-state index contributed by atoms with van der Waals surface area (Å²) in [5, 5.41) is 2.88. The van der Waals surface area contributed by atoms with Crippen molar-refractivity contribution < 1.29 is 23.6 Å². The second-order valence-corrected chi connectivity index (χ2v) is 11.1. The molecule has 1 aliphatic heterocycles. The summed E-state index contributed by atoms with van der Waals surface area (Å²) in [4.78, 5) is 25.2. The van der Waals surface area contributed by atoms with Gasteiger partial charge in [-0.1, -0.05) is 78.9 Å². The maximum Gasteiger partial charge on any atom is 0.492 e. The number of rotatable bonds is 7. The number of nitrogens with one attached hydrogen (secondary N) is 1. The lowest BCUT2D eigenvalue weighted by Gasteiger charge is -2.32. The highest BCUT2D eigenvalue weighted by Crippen LogP contribution is 2.44. The van der Waals surface area contributed by atoms with E-state index in [9.17, 15) is 9.59 Å². The van der Waals surface area contributed by atoms with Crippen LogP contribution in [0.4, 0.5) is 4.79 Å². The molecule has 1 aliphatic carbocycles. The van der Waals surface area contributed by atoms with Crippen LogP contribution in [0, 0.1) is 0 Å². The smallest absolute Gasteiger partial charge is 0.449 e. The van der Waals surface area contributed by atoms with Crippen molar-refractivity contribution in [3.05, 3.63) is 101 Å². The van der Waals surface area contributed by atoms with E-state index in [2.05, 4.69) is 29.6 Å². The Bertz CT molecular complexity index is 1380. The van der Waals surface area contributed by atoms with Crippen molar-refractivity contribution in [3.8, 4) is 11.1 Å². The van der Waals surface area contributed by atoms with E-state index in [-0.39, 0.29) is 24.9 Å². The second kappa shape index (κ2) is 10.5. The first-order valence-corrected chi connectivity index (χ1v) is 13.3. The molecule has 1 saturated heterocycles. The third kappa shape index (κ3) is 5.29. The summed E-state index contributed by atoms with van der Waals surface area (Å²) in [6, 6.07) is 23.8. The Labute approximate surface area is 230 Å². The minimum Gasteiger partial charge on any atom is -0.449 e. The number of carbonyl (C=O) groups excluding carboxylic acids is 2. The highest BCUT2D eigenvalue weighted by molar-refractivity contribution is 6.56. The molecule has 0 spiro atoms. The van der Waals surface area contributed by atoms with Crippen LogP contribution >= 0.6 is 0 Å². The molecule has 5 rings (SSSR count). The van der Waals surface area contributed by atoms with Gasteiger partial charge in [-0.25, -0.2) is 4.79 Å². The summed E-state index contributed by atoms with van der Waals surface area (Å²) >= 11 is 0. The van der Waals surface area contributed by atoms with E-state index in [4.69, 9.17) is 14.0 Å². The highest BCUT2D eigenvalue weighted by Gasteiger charge is 2.52. The van der Waals surface area contributed by atoms with Gasteiger partial charge in [0.1, 0.15) is 6.61 Å². The Morgan fingerprint density at radius 3 is 2.00 bits per heavy atom. The van der Waals surface area contributed by atoms with Gasteiger partial charge < -0.3 is 19.4 Å². The average Bonchev–Trinajstić information content (AvgIpc) is 3.34. The van der Waals surface area contributed by atoms with Gasteiger partial charge >= 0.3 is 13.2 Å². The summed E-state index contributed by atoms with van der Waals surface area (Å²) in [6.07, 6.45) is 1.34. The Hall–Kier alpha value is -3.68. The molecule has 0 bridgehead atoms. The number of alkyl carbamates (subject to hydrolysis) is 1. The van der Waals surface area contributed by atoms with Crippen LogP contribution in [0.3, 0.4) is 0 Å². The van der Waals surface area contributed by atoms with E-state index in [0.717, 1.165) is 16.7 Å². The minimum absolute atomic E-state index is 0.0243. The number of fused-ring (bicyclic) bond motifs is 3. The zero-order valence-corrected chi connectivity index (χ0v) is 23.1. The molecule has 1 N–H and O–H groups in total. The SMILES string of the molecule is CC(=O)c1ccccc1C=C(CNC(=O)OCC1c2ccccc2-c2ccccc21)B1OC(C)(C)C(C)(C)O1. The number of ether oxygens (including phenoxy) is 1.